The monoisotopic (exact) mass is 191 g/mol. The smallest absolute Gasteiger partial charge is 0.259 e. The van der Waals surface area contributed by atoms with Gasteiger partial charge in [0.05, 0.1) is 11.4 Å². The zero-order valence-corrected chi connectivity index (χ0v) is 7.88. The van der Waals surface area contributed by atoms with E-state index in [0.29, 0.717) is 5.69 Å². The van der Waals surface area contributed by atoms with Crippen LogP contribution >= 0.6 is 0 Å². The van der Waals surface area contributed by atoms with Gasteiger partial charge in [0.1, 0.15) is 0 Å². The molecule has 0 unspecified atom stereocenters. The van der Waals surface area contributed by atoms with Crippen LogP contribution in [0, 0.1) is 6.92 Å². The number of nitrogens with zero attached hydrogens (tertiary/aromatic N) is 5. The quantitative estimate of drug-likeness (QED) is 0.619. The van der Waals surface area contributed by atoms with Gasteiger partial charge in [0.25, 0.3) is 0 Å². The Morgan fingerprint density at radius 1 is 1.36 bits per heavy atom. The molecule has 14 heavy (non-hydrogen) atoms. The van der Waals surface area contributed by atoms with Gasteiger partial charge in [0, 0.05) is 13.2 Å². The van der Waals surface area contributed by atoms with E-state index >= 15 is 0 Å². The SMILES string of the molecule is Cc1ncccc1-n1nnn(C)c1=O. The first-order valence-electron chi connectivity index (χ1n) is 4.11. The fraction of sp³-hybridized carbons (Fsp3) is 0.250. The van der Waals surface area contributed by atoms with Gasteiger partial charge in [-0.05, 0) is 29.5 Å². The maximum Gasteiger partial charge on any atom is 0.368 e. The molecule has 0 radical (unpaired) electrons. The molecule has 0 fully saturated rings. The van der Waals surface area contributed by atoms with Gasteiger partial charge in [-0.25, -0.2) is 4.79 Å². The van der Waals surface area contributed by atoms with E-state index in [9.17, 15) is 4.79 Å². The summed E-state index contributed by atoms with van der Waals surface area (Å²) in [7, 11) is 1.55. The summed E-state index contributed by atoms with van der Waals surface area (Å²) in [4.78, 5) is 15.6. The Bertz CT molecular complexity index is 512. The lowest BCUT2D eigenvalue weighted by atomic mass is 10.3. The van der Waals surface area contributed by atoms with Crippen LogP contribution in [0.4, 0.5) is 0 Å². The average Bonchev–Trinajstić information content (AvgIpc) is 2.49. The first kappa shape index (κ1) is 8.61. The molecule has 0 saturated heterocycles. The van der Waals surface area contributed by atoms with Gasteiger partial charge in [-0.15, -0.1) is 0 Å². The highest BCUT2D eigenvalue weighted by Crippen LogP contribution is 2.05. The molecule has 0 saturated carbocycles. The van der Waals surface area contributed by atoms with Crippen molar-refractivity contribution in [2.75, 3.05) is 0 Å². The Kier molecular flexibility index (Phi) is 1.88. The molecule has 0 aromatic carbocycles. The van der Waals surface area contributed by atoms with Crippen molar-refractivity contribution in [1.82, 2.24) is 24.8 Å². The van der Waals surface area contributed by atoms with Crippen molar-refractivity contribution >= 4 is 0 Å². The second-order valence-electron chi connectivity index (χ2n) is 2.90. The first-order chi connectivity index (χ1) is 6.70. The molecule has 72 valence electrons. The normalized spacial score (nSPS) is 10.4. The van der Waals surface area contributed by atoms with Crippen LogP contribution in [-0.2, 0) is 7.05 Å². The summed E-state index contributed by atoms with van der Waals surface area (Å²) in [5.41, 5.74) is 1.13. The molecule has 0 N–H and O–H groups in total. The molecule has 6 nitrogen and oxygen atoms in total. The third-order valence-corrected chi connectivity index (χ3v) is 1.93. The second kappa shape index (κ2) is 3.06. The topological polar surface area (TPSA) is 65.6 Å². The molecule has 0 spiro atoms. The van der Waals surface area contributed by atoms with E-state index < -0.39 is 0 Å². The van der Waals surface area contributed by atoms with Gasteiger partial charge in [-0.2, -0.15) is 9.36 Å². The number of aryl methyl sites for hydroxylation is 2. The molecule has 0 atom stereocenters. The van der Waals surface area contributed by atoms with Crippen LogP contribution in [0.1, 0.15) is 5.69 Å². The number of rotatable bonds is 1. The van der Waals surface area contributed by atoms with E-state index in [1.807, 2.05) is 6.92 Å². The minimum Gasteiger partial charge on any atom is -0.259 e. The predicted octanol–water partition coefficient (Wildman–Crippen LogP) is -0.331. The number of hydrogen-bond donors (Lipinski definition) is 0. The maximum absolute atomic E-state index is 11.5. The van der Waals surface area contributed by atoms with Crippen LogP contribution < -0.4 is 5.69 Å². The van der Waals surface area contributed by atoms with E-state index in [1.54, 1.807) is 25.4 Å². The molecule has 0 bridgehead atoms. The Labute approximate surface area is 79.8 Å². The Balaban J connectivity index is 2.67. The Morgan fingerprint density at radius 2 is 2.14 bits per heavy atom. The predicted molar refractivity (Wildman–Crippen MR) is 49.1 cm³/mol. The summed E-state index contributed by atoms with van der Waals surface area (Å²) in [5.74, 6) is 0. The van der Waals surface area contributed by atoms with Crippen molar-refractivity contribution in [3.05, 3.63) is 34.5 Å². The fourth-order valence-corrected chi connectivity index (χ4v) is 1.16. The Hall–Kier alpha value is -1.98. The molecule has 2 heterocycles. The number of pyridine rings is 1. The summed E-state index contributed by atoms with van der Waals surface area (Å²) in [6.07, 6.45) is 1.67. The minimum atomic E-state index is -0.277. The zero-order chi connectivity index (χ0) is 10.1. The van der Waals surface area contributed by atoms with Crippen molar-refractivity contribution in [1.29, 1.82) is 0 Å². The van der Waals surface area contributed by atoms with Crippen molar-refractivity contribution in [3.8, 4) is 5.69 Å². The summed E-state index contributed by atoms with van der Waals surface area (Å²) in [5, 5.41) is 7.35. The van der Waals surface area contributed by atoms with Gasteiger partial charge in [-0.1, -0.05) is 0 Å². The lowest BCUT2D eigenvalue weighted by molar-refractivity contribution is 0.692. The van der Waals surface area contributed by atoms with Crippen molar-refractivity contribution in [3.63, 3.8) is 0 Å². The highest BCUT2D eigenvalue weighted by Gasteiger charge is 2.07. The fourth-order valence-electron chi connectivity index (χ4n) is 1.16. The molecular formula is C8H9N5O. The van der Waals surface area contributed by atoms with Gasteiger partial charge in [-0.3, -0.25) is 4.98 Å². The lowest BCUT2D eigenvalue weighted by Gasteiger charge is -2.00. The summed E-state index contributed by atoms with van der Waals surface area (Å²) in [6, 6.07) is 3.53. The summed E-state index contributed by atoms with van der Waals surface area (Å²) in [6.45, 7) is 1.82. The van der Waals surface area contributed by atoms with Crippen LogP contribution in [-0.4, -0.2) is 24.8 Å². The average molecular weight is 191 g/mol. The standard InChI is InChI=1S/C8H9N5O/c1-6-7(4-3-5-9-6)13-8(14)12(2)10-11-13/h3-5H,1-2H3. The first-order valence-corrected chi connectivity index (χ1v) is 4.11. The minimum absolute atomic E-state index is 0.277. The number of aromatic nitrogens is 5. The van der Waals surface area contributed by atoms with E-state index in [2.05, 4.69) is 15.4 Å². The summed E-state index contributed by atoms with van der Waals surface area (Å²) < 4.78 is 2.40. The highest BCUT2D eigenvalue weighted by molar-refractivity contribution is 5.33. The molecular weight excluding hydrogens is 182 g/mol. The molecule has 6 heteroatoms. The van der Waals surface area contributed by atoms with Gasteiger partial charge < -0.3 is 0 Å². The highest BCUT2D eigenvalue weighted by atomic mass is 16.2. The largest absolute Gasteiger partial charge is 0.368 e. The molecule has 2 rings (SSSR count). The van der Waals surface area contributed by atoms with Crippen LogP contribution in [0.2, 0.25) is 0 Å². The van der Waals surface area contributed by atoms with Crippen molar-refractivity contribution in [2.24, 2.45) is 7.05 Å². The molecule has 2 aromatic rings. The molecule has 0 amide bonds. The Morgan fingerprint density at radius 3 is 2.71 bits per heavy atom. The zero-order valence-electron chi connectivity index (χ0n) is 7.88. The molecule has 2 aromatic heterocycles. The van der Waals surface area contributed by atoms with Gasteiger partial charge in [0.15, 0.2) is 0 Å². The number of tetrazole rings is 1. The number of hydrogen-bond acceptors (Lipinski definition) is 4. The van der Waals surface area contributed by atoms with Crippen LogP contribution in [0.25, 0.3) is 5.69 Å². The second-order valence-corrected chi connectivity index (χ2v) is 2.90. The molecule has 0 aliphatic carbocycles. The van der Waals surface area contributed by atoms with Crippen molar-refractivity contribution < 1.29 is 0 Å². The van der Waals surface area contributed by atoms with E-state index in [-0.39, 0.29) is 5.69 Å². The van der Waals surface area contributed by atoms with Gasteiger partial charge in [0.2, 0.25) is 0 Å². The van der Waals surface area contributed by atoms with E-state index in [0.717, 1.165) is 5.69 Å². The molecule has 0 aliphatic heterocycles. The molecule has 0 aliphatic rings. The third-order valence-electron chi connectivity index (χ3n) is 1.93. The third kappa shape index (κ3) is 1.20. The maximum atomic E-state index is 11.5. The summed E-state index contributed by atoms with van der Waals surface area (Å²) >= 11 is 0. The van der Waals surface area contributed by atoms with Crippen LogP contribution in [0.15, 0.2) is 23.1 Å². The van der Waals surface area contributed by atoms with Crippen LogP contribution in [0.3, 0.4) is 0 Å². The van der Waals surface area contributed by atoms with E-state index in [4.69, 9.17) is 0 Å². The van der Waals surface area contributed by atoms with Crippen molar-refractivity contribution in [2.45, 2.75) is 6.92 Å². The van der Waals surface area contributed by atoms with E-state index in [1.165, 1.54) is 9.36 Å². The van der Waals surface area contributed by atoms with Gasteiger partial charge >= 0.3 is 5.69 Å². The van der Waals surface area contributed by atoms with Crippen LogP contribution in [0.5, 0.6) is 0 Å². The lowest BCUT2D eigenvalue weighted by Crippen LogP contribution is -2.22.